The summed E-state index contributed by atoms with van der Waals surface area (Å²) >= 11 is 2.55. The Labute approximate surface area is 198 Å². The smallest absolute Gasteiger partial charge is 0.338 e. The Morgan fingerprint density at radius 1 is 1.12 bits per heavy atom. The number of nitrogens with one attached hydrogen (secondary N) is 2. The van der Waals surface area contributed by atoms with Gasteiger partial charge in [0.2, 0.25) is 5.91 Å². The minimum Gasteiger partial charge on any atom is -0.462 e. The zero-order chi connectivity index (χ0) is 23.4. The Morgan fingerprint density at radius 2 is 1.85 bits per heavy atom. The van der Waals surface area contributed by atoms with E-state index in [-0.39, 0.29) is 17.2 Å². The predicted octanol–water partition coefficient (Wildman–Crippen LogP) is 4.87. The normalized spacial score (nSPS) is 10.8. The van der Waals surface area contributed by atoms with Crippen molar-refractivity contribution in [1.82, 2.24) is 9.97 Å². The number of carbonyl (C=O) groups excluding carboxylic acids is 2. The van der Waals surface area contributed by atoms with Gasteiger partial charge in [-0.2, -0.15) is 0 Å². The van der Waals surface area contributed by atoms with Crippen LogP contribution in [0.3, 0.4) is 0 Å². The molecule has 2 N–H and O–H groups in total. The molecule has 4 aromatic rings. The first kappa shape index (κ1) is 22.8. The van der Waals surface area contributed by atoms with Crippen molar-refractivity contribution in [2.75, 3.05) is 17.7 Å². The first-order valence-electron chi connectivity index (χ1n) is 10.2. The lowest BCUT2D eigenvalue weighted by atomic mass is 10.1. The van der Waals surface area contributed by atoms with Crippen LogP contribution in [0.4, 0.5) is 5.69 Å². The van der Waals surface area contributed by atoms with Gasteiger partial charge >= 0.3 is 5.97 Å². The standard InChI is InChI=1S/C24H21N3O4S2/c1-3-31-23(30)16-8-10-17(11-9-16)25-19(28)13-33-24-26-21(29)20-18(12-32-22(20)27-24)15-6-4-14(2)5-7-15/h4-12H,3,13H2,1-2H3,(H,25,28)(H,26,27,29). The zero-order valence-electron chi connectivity index (χ0n) is 18.0. The maximum Gasteiger partial charge on any atom is 0.338 e. The minimum atomic E-state index is -0.407. The Hall–Kier alpha value is -3.43. The molecule has 33 heavy (non-hydrogen) atoms. The molecule has 0 spiro atoms. The van der Waals surface area contributed by atoms with Crippen LogP contribution in [0.5, 0.6) is 0 Å². The van der Waals surface area contributed by atoms with Crippen molar-refractivity contribution < 1.29 is 14.3 Å². The number of hydrogen-bond donors (Lipinski definition) is 2. The number of carbonyl (C=O) groups is 2. The second-order valence-corrected chi connectivity index (χ2v) is 9.02. The first-order chi connectivity index (χ1) is 15.9. The number of hydrogen-bond acceptors (Lipinski definition) is 7. The van der Waals surface area contributed by atoms with Crippen molar-refractivity contribution in [1.29, 1.82) is 0 Å². The molecule has 2 aromatic carbocycles. The van der Waals surface area contributed by atoms with E-state index in [1.165, 1.54) is 11.3 Å². The van der Waals surface area contributed by atoms with Gasteiger partial charge in [0.05, 0.1) is 23.3 Å². The van der Waals surface area contributed by atoms with E-state index in [1.807, 2.05) is 36.6 Å². The third-order valence-electron chi connectivity index (χ3n) is 4.80. The van der Waals surface area contributed by atoms with Crippen LogP contribution in [0, 0.1) is 6.92 Å². The highest BCUT2D eigenvalue weighted by molar-refractivity contribution is 7.99. The molecule has 0 bridgehead atoms. The molecule has 0 aliphatic rings. The molecule has 0 radical (unpaired) electrons. The fourth-order valence-corrected chi connectivity index (χ4v) is 4.84. The van der Waals surface area contributed by atoms with Gasteiger partial charge in [0.15, 0.2) is 5.16 Å². The quantitative estimate of drug-likeness (QED) is 0.223. The van der Waals surface area contributed by atoms with Crippen LogP contribution in [0.2, 0.25) is 0 Å². The third-order valence-corrected chi connectivity index (χ3v) is 6.55. The summed E-state index contributed by atoms with van der Waals surface area (Å²) in [4.78, 5) is 44.7. The largest absolute Gasteiger partial charge is 0.462 e. The predicted molar refractivity (Wildman–Crippen MR) is 132 cm³/mol. The monoisotopic (exact) mass is 479 g/mol. The number of nitrogens with zero attached hydrogens (tertiary/aromatic N) is 1. The summed E-state index contributed by atoms with van der Waals surface area (Å²) in [7, 11) is 0. The van der Waals surface area contributed by atoms with E-state index in [0.717, 1.165) is 28.5 Å². The number of aromatic amines is 1. The Kier molecular flexibility index (Phi) is 6.90. The topological polar surface area (TPSA) is 101 Å². The fourth-order valence-electron chi connectivity index (χ4n) is 3.18. The molecule has 4 rings (SSSR count). The van der Waals surface area contributed by atoms with Gasteiger partial charge in [-0.25, -0.2) is 9.78 Å². The van der Waals surface area contributed by atoms with E-state index in [0.29, 0.717) is 33.2 Å². The molecule has 0 saturated carbocycles. The number of aryl methyl sites for hydroxylation is 1. The fraction of sp³-hybridized carbons (Fsp3) is 0.167. The van der Waals surface area contributed by atoms with Crippen molar-refractivity contribution in [2.24, 2.45) is 0 Å². The maximum atomic E-state index is 12.8. The van der Waals surface area contributed by atoms with E-state index >= 15 is 0 Å². The van der Waals surface area contributed by atoms with Crippen LogP contribution in [0.1, 0.15) is 22.8 Å². The highest BCUT2D eigenvalue weighted by atomic mass is 32.2. The lowest BCUT2D eigenvalue weighted by molar-refractivity contribution is -0.113. The average Bonchev–Trinajstić information content (AvgIpc) is 3.23. The van der Waals surface area contributed by atoms with Crippen molar-refractivity contribution >= 4 is 50.9 Å². The van der Waals surface area contributed by atoms with Gasteiger partial charge in [-0.3, -0.25) is 9.59 Å². The van der Waals surface area contributed by atoms with Gasteiger partial charge in [0.1, 0.15) is 4.83 Å². The number of anilines is 1. The molecule has 0 saturated heterocycles. The molecule has 168 valence electrons. The number of esters is 1. The summed E-state index contributed by atoms with van der Waals surface area (Å²) in [5, 5.41) is 5.63. The molecular weight excluding hydrogens is 458 g/mol. The second-order valence-electron chi connectivity index (χ2n) is 7.20. The SMILES string of the molecule is CCOC(=O)c1ccc(NC(=O)CSc2nc3scc(-c4ccc(C)cc4)c3c(=O)[nH]2)cc1. The molecule has 0 fully saturated rings. The molecule has 2 aromatic heterocycles. The number of amides is 1. The van der Waals surface area contributed by atoms with Crippen LogP contribution in [-0.2, 0) is 9.53 Å². The first-order valence-corrected chi connectivity index (χ1v) is 12.1. The van der Waals surface area contributed by atoms with Crippen LogP contribution < -0.4 is 10.9 Å². The molecule has 0 atom stereocenters. The van der Waals surface area contributed by atoms with E-state index in [4.69, 9.17) is 4.74 Å². The second kappa shape index (κ2) is 10.0. The number of benzene rings is 2. The molecular formula is C24H21N3O4S2. The third kappa shape index (κ3) is 5.32. The molecule has 0 aliphatic carbocycles. The molecule has 0 aliphatic heterocycles. The van der Waals surface area contributed by atoms with Crippen molar-refractivity contribution in [3.63, 3.8) is 0 Å². The lowest BCUT2D eigenvalue weighted by Gasteiger charge is -2.06. The summed E-state index contributed by atoms with van der Waals surface area (Å²) in [6, 6.07) is 14.5. The average molecular weight is 480 g/mol. The molecule has 1 amide bonds. The number of rotatable bonds is 7. The number of ether oxygens (including phenoxy) is 1. The highest BCUT2D eigenvalue weighted by Crippen LogP contribution is 2.31. The number of fused-ring (bicyclic) bond motifs is 1. The maximum absolute atomic E-state index is 12.8. The Bertz CT molecular complexity index is 1360. The van der Waals surface area contributed by atoms with E-state index < -0.39 is 5.97 Å². The van der Waals surface area contributed by atoms with E-state index in [1.54, 1.807) is 31.2 Å². The molecule has 7 nitrogen and oxygen atoms in total. The van der Waals surface area contributed by atoms with Gasteiger partial charge in [-0.15, -0.1) is 11.3 Å². The molecule has 2 heterocycles. The lowest BCUT2D eigenvalue weighted by Crippen LogP contribution is -2.15. The summed E-state index contributed by atoms with van der Waals surface area (Å²) in [6.07, 6.45) is 0. The van der Waals surface area contributed by atoms with Crippen LogP contribution in [0.15, 0.2) is 63.9 Å². The Morgan fingerprint density at radius 3 is 2.55 bits per heavy atom. The van der Waals surface area contributed by atoms with Crippen molar-refractivity contribution in [3.8, 4) is 11.1 Å². The highest BCUT2D eigenvalue weighted by Gasteiger charge is 2.14. The number of thiophene rings is 1. The van der Waals surface area contributed by atoms with Crippen molar-refractivity contribution in [2.45, 2.75) is 19.0 Å². The summed E-state index contributed by atoms with van der Waals surface area (Å²) in [5.41, 5.74) is 3.72. The minimum absolute atomic E-state index is 0.0737. The van der Waals surface area contributed by atoms with Crippen molar-refractivity contribution in [3.05, 3.63) is 75.4 Å². The van der Waals surface area contributed by atoms with Gasteiger partial charge in [0.25, 0.3) is 5.56 Å². The Balaban J connectivity index is 1.42. The van der Waals surface area contributed by atoms with Gasteiger partial charge in [-0.1, -0.05) is 41.6 Å². The van der Waals surface area contributed by atoms with Crippen LogP contribution in [-0.4, -0.2) is 34.2 Å². The molecule has 0 unspecified atom stereocenters. The van der Waals surface area contributed by atoms with Gasteiger partial charge in [-0.05, 0) is 43.7 Å². The molecule has 9 heteroatoms. The van der Waals surface area contributed by atoms with Gasteiger partial charge in [0, 0.05) is 16.6 Å². The summed E-state index contributed by atoms with van der Waals surface area (Å²) < 4.78 is 4.94. The van der Waals surface area contributed by atoms with Crippen LogP contribution in [0.25, 0.3) is 21.3 Å². The van der Waals surface area contributed by atoms with Gasteiger partial charge < -0.3 is 15.0 Å². The number of aromatic nitrogens is 2. The number of thioether (sulfide) groups is 1. The van der Waals surface area contributed by atoms with E-state index in [9.17, 15) is 14.4 Å². The zero-order valence-corrected chi connectivity index (χ0v) is 19.6. The van der Waals surface area contributed by atoms with E-state index in [2.05, 4.69) is 15.3 Å². The summed E-state index contributed by atoms with van der Waals surface area (Å²) in [5.74, 6) is -0.585. The number of H-pyrrole nitrogens is 1. The van der Waals surface area contributed by atoms with Crippen LogP contribution >= 0.6 is 23.1 Å². The summed E-state index contributed by atoms with van der Waals surface area (Å²) in [6.45, 7) is 4.06.